The molecule has 0 aliphatic carbocycles. The number of phenolic OH excluding ortho intramolecular Hbond substituents is 1. The van der Waals surface area contributed by atoms with E-state index in [1.165, 1.54) is 16.9 Å². The van der Waals surface area contributed by atoms with Gasteiger partial charge < -0.3 is 15.2 Å². The standard InChI is InChI=1S/C56H46N10O9S2/c1-6-21-75-42-16-10-35-7-14-40(26-38(35)28-42)57-56(68)36-8-12-39(13-9-36)58-60-49-22-32(3)51(23-31(49)2)62-63-52-25-33(4)50(24-34(52)5)61-59-48-19-11-37-27-41(15-17-44(37)55(48)67)66-64-47-20-18-45-46(54(47)65-66)29-43(76(69,70)71)30-53(45)77(72,73)74/h7-20,22-30,67H,6,21H2,1-5H3,(H,57,68)(H,69,70,71)(H,72,73,74). The number of rotatable bonds is 14. The summed E-state index contributed by atoms with van der Waals surface area (Å²) in [5.74, 6) is 0.414. The third-order valence-corrected chi connectivity index (χ3v) is 14.4. The Morgan fingerprint density at radius 3 is 1.79 bits per heavy atom. The molecule has 0 bridgehead atoms. The van der Waals surface area contributed by atoms with Gasteiger partial charge in [0.2, 0.25) is 0 Å². The molecule has 19 nitrogen and oxygen atoms in total. The predicted octanol–water partition coefficient (Wildman–Crippen LogP) is 14.6. The molecule has 0 spiro atoms. The third-order valence-electron chi connectivity index (χ3n) is 12.7. The highest BCUT2D eigenvalue weighted by atomic mass is 32.2. The Balaban J connectivity index is 0.799. The van der Waals surface area contributed by atoms with Crippen LogP contribution in [0.4, 0.5) is 39.8 Å². The van der Waals surface area contributed by atoms with Gasteiger partial charge in [-0.1, -0.05) is 31.2 Å². The number of phenols is 1. The van der Waals surface area contributed by atoms with Gasteiger partial charge in [-0.15, -0.1) is 15.3 Å². The highest BCUT2D eigenvalue weighted by Crippen LogP contribution is 2.39. The van der Waals surface area contributed by atoms with Crippen molar-refractivity contribution in [3.63, 3.8) is 0 Å². The number of benzene rings is 9. The smallest absolute Gasteiger partial charge is 0.295 e. The van der Waals surface area contributed by atoms with Gasteiger partial charge in [0.05, 0.1) is 45.6 Å². The summed E-state index contributed by atoms with van der Waals surface area (Å²) in [5.41, 5.74) is 8.49. The number of anilines is 1. The molecule has 0 unspecified atom stereocenters. The first-order valence-corrected chi connectivity index (χ1v) is 26.8. The van der Waals surface area contributed by atoms with Crippen molar-refractivity contribution in [1.82, 2.24) is 15.0 Å². The summed E-state index contributed by atoms with van der Waals surface area (Å²) in [7, 11) is -9.77. The van der Waals surface area contributed by atoms with E-state index >= 15 is 0 Å². The summed E-state index contributed by atoms with van der Waals surface area (Å²) in [6, 6.07) is 38.9. The molecule has 21 heteroatoms. The number of azo groups is 3. The molecule has 0 aliphatic rings. The molecule has 0 atom stereocenters. The summed E-state index contributed by atoms with van der Waals surface area (Å²) >= 11 is 0. The van der Waals surface area contributed by atoms with E-state index in [-0.39, 0.29) is 39.1 Å². The zero-order valence-corrected chi connectivity index (χ0v) is 43.5. The largest absolute Gasteiger partial charge is 0.505 e. The van der Waals surface area contributed by atoms with Gasteiger partial charge in [-0.25, -0.2) is 0 Å². The van der Waals surface area contributed by atoms with E-state index in [1.807, 2.05) is 88.4 Å². The minimum atomic E-state index is -4.90. The van der Waals surface area contributed by atoms with Crippen molar-refractivity contribution in [3.05, 3.63) is 167 Å². The Morgan fingerprint density at radius 2 is 1.17 bits per heavy atom. The molecule has 1 heterocycles. The van der Waals surface area contributed by atoms with E-state index in [2.05, 4.69) is 53.1 Å². The molecular formula is C56H46N10O9S2. The van der Waals surface area contributed by atoms with Gasteiger partial charge in [0.15, 0.2) is 5.75 Å². The number of aryl methyl sites for hydroxylation is 4. The number of hydrogen-bond donors (Lipinski definition) is 4. The van der Waals surface area contributed by atoms with Crippen LogP contribution < -0.4 is 10.1 Å². The van der Waals surface area contributed by atoms with E-state index in [0.717, 1.165) is 51.3 Å². The van der Waals surface area contributed by atoms with Gasteiger partial charge in [-0.2, -0.15) is 47.2 Å². The second-order valence-electron chi connectivity index (χ2n) is 18.3. The zero-order chi connectivity index (χ0) is 54.3. The lowest BCUT2D eigenvalue weighted by atomic mass is 10.1. The first-order valence-electron chi connectivity index (χ1n) is 23.9. The van der Waals surface area contributed by atoms with Crippen LogP contribution in [0.3, 0.4) is 0 Å². The molecule has 0 aliphatic heterocycles. The SMILES string of the molecule is CCCOc1ccc2ccc(NC(=O)c3ccc(N=Nc4cc(C)c(N=Nc5cc(C)c(N=Nc6ccc7cc(-n8nc9ccc%10c(S(=O)(=O)O)cc(S(=O)(=O)O)cc%10c9n8)ccc7c6O)cc5C)cc4C)cc3)cc2c1. The molecule has 4 N–H and O–H groups in total. The first kappa shape index (κ1) is 51.3. The maximum atomic E-state index is 13.1. The molecule has 9 aromatic carbocycles. The molecule has 77 heavy (non-hydrogen) atoms. The number of fused-ring (bicyclic) bond motifs is 5. The lowest BCUT2D eigenvalue weighted by Crippen LogP contribution is -2.11. The van der Waals surface area contributed by atoms with Crippen LogP contribution in [0, 0.1) is 27.7 Å². The Kier molecular flexibility index (Phi) is 13.7. The molecule has 0 fully saturated rings. The van der Waals surface area contributed by atoms with Gasteiger partial charge in [0.1, 0.15) is 27.4 Å². The average Bonchev–Trinajstić information content (AvgIpc) is 3.88. The third kappa shape index (κ3) is 10.9. The van der Waals surface area contributed by atoms with Crippen LogP contribution in [-0.4, -0.2) is 58.6 Å². The van der Waals surface area contributed by atoms with Crippen molar-refractivity contribution < 1.29 is 40.6 Å². The normalized spacial score (nSPS) is 12.4. The lowest BCUT2D eigenvalue weighted by Gasteiger charge is -2.09. The van der Waals surface area contributed by atoms with Crippen molar-refractivity contribution in [1.29, 1.82) is 0 Å². The van der Waals surface area contributed by atoms with Crippen molar-refractivity contribution in [3.8, 4) is 17.2 Å². The summed E-state index contributed by atoms with van der Waals surface area (Å²) < 4.78 is 73.8. The van der Waals surface area contributed by atoms with Gasteiger partial charge >= 0.3 is 0 Å². The van der Waals surface area contributed by atoms with E-state index < -0.39 is 30.0 Å². The van der Waals surface area contributed by atoms with E-state index in [1.54, 1.807) is 54.6 Å². The average molecular weight is 1070 g/mol. The van der Waals surface area contributed by atoms with Crippen LogP contribution in [0.15, 0.2) is 180 Å². The molecule has 1 aromatic heterocycles. The Bertz CT molecular complexity index is 4390. The molecule has 1 amide bonds. The van der Waals surface area contributed by atoms with Gasteiger partial charge in [0.25, 0.3) is 26.1 Å². The Labute approximate surface area is 440 Å². The maximum absolute atomic E-state index is 13.1. The van der Waals surface area contributed by atoms with Crippen LogP contribution in [0.2, 0.25) is 0 Å². The maximum Gasteiger partial charge on any atom is 0.295 e. The summed E-state index contributed by atoms with van der Waals surface area (Å²) in [6.07, 6.45) is 0.915. The summed E-state index contributed by atoms with van der Waals surface area (Å²) in [6.45, 7) is 10.3. The number of nitrogens with one attached hydrogen (secondary N) is 1. The number of amides is 1. The summed E-state index contributed by atoms with van der Waals surface area (Å²) in [5, 5.41) is 53.2. The predicted molar refractivity (Wildman–Crippen MR) is 294 cm³/mol. The van der Waals surface area contributed by atoms with Crippen LogP contribution >= 0.6 is 0 Å². The zero-order valence-electron chi connectivity index (χ0n) is 41.8. The molecule has 10 aromatic rings. The number of carbonyl (C=O) groups is 1. The molecular weight excluding hydrogens is 1020 g/mol. The number of ether oxygens (including phenoxy) is 1. The topological polar surface area (TPSA) is 272 Å². The second kappa shape index (κ2) is 20.5. The molecule has 386 valence electrons. The van der Waals surface area contributed by atoms with Crippen molar-refractivity contribution in [2.24, 2.45) is 30.7 Å². The Hall–Kier alpha value is -9.15. The minimum absolute atomic E-state index is 0.0133. The number of aromatic nitrogens is 3. The van der Waals surface area contributed by atoms with E-state index in [9.17, 15) is 35.8 Å². The molecule has 10 rings (SSSR count). The molecule has 0 saturated heterocycles. The highest BCUT2D eigenvalue weighted by Gasteiger charge is 2.23. The number of carbonyl (C=O) groups excluding carboxylic acids is 1. The van der Waals surface area contributed by atoms with Crippen molar-refractivity contribution in [2.75, 3.05) is 11.9 Å². The minimum Gasteiger partial charge on any atom is -0.505 e. The van der Waals surface area contributed by atoms with Crippen LogP contribution in [-0.2, 0) is 20.2 Å². The highest BCUT2D eigenvalue weighted by molar-refractivity contribution is 7.86. The van der Waals surface area contributed by atoms with Gasteiger partial charge in [-0.3, -0.25) is 13.9 Å². The Morgan fingerprint density at radius 1 is 0.571 bits per heavy atom. The van der Waals surface area contributed by atoms with Crippen LogP contribution in [0.5, 0.6) is 11.5 Å². The van der Waals surface area contributed by atoms with Crippen LogP contribution in [0.25, 0.3) is 49.0 Å². The summed E-state index contributed by atoms with van der Waals surface area (Å²) in [4.78, 5) is 12.9. The fraction of sp³-hybridized carbons (Fsp3) is 0.125. The van der Waals surface area contributed by atoms with Crippen LogP contribution in [0.1, 0.15) is 46.0 Å². The quantitative estimate of drug-likeness (QED) is 0.0587. The van der Waals surface area contributed by atoms with Crippen molar-refractivity contribution in [2.45, 2.75) is 50.8 Å². The monoisotopic (exact) mass is 1070 g/mol. The fourth-order valence-electron chi connectivity index (χ4n) is 8.55. The number of hydrogen-bond acceptors (Lipinski definition) is 15. The number of aromatic hydroxyl groups is 1. The van der Waals surface area contributed by atoms with Crippen molar-refractivity contribution >= 4 is 109 Å². The first-order chi connectivity index (χ1) is 36.8. The molecule has 0 saturated carbocycles. The molecule has 0 radical (unpaired) electrons. The van der Waals surface area contributed by atoms with E-state index in [0.29, 0.717) is 68.8 Å². The number of nitrogens with zero attached hydrogens (tertiary/aromatic N) is 9. The fourth-order valence-corrected chi connectivity index (χ4v) is 9.89. The van der Waals surface area contributed by atoms with E-state index in [4.69, 9.17) is 4.74 Å². The second-order valence-corrected chi connectivity index (χ2v) is 21.1. The van der Waals surface area contributed by atoms with Gasteiger partial charge in [0, 0.05) is 27.4 Å². The lowest BCUT2D eigenvalue weighted by molar-refractivity contribution is 0.102. The van der Waals surface area contributed by atoms with Gasteiger partial charge in [-0.05, 0) is 188 Å².